The number of hydrogen-bond donors (Lipinski definition) is 0. The van der Waals surface area contributed by atoms with Gasteiger partial charge in [-0.1, -0.05) is 45.7 Å². The summed E-state index contributed by atoms with van der Waals surface area (Å²) in [5.74, 6) is 0. The lowest BCUT2D eigenvalue weighted by molar-refractivity contribution is 0.571. The first-order valence-electron chi connectivity index (χ1n) is 3.85. The molecule has 0 radical (unpaired) electrons. The molecule has 0 aliphatic rings. The van der Waals surface area contributed by atoms with Crippen LogP contribution in [0.25, 0.3) is 5.57 Å². The molecular formula is C10H9BrClF. The minimum absolute atomic E-state index is 0.451. The predicted octanol–water partition coefficient (Wildman–Crippen LogP) is 4.09. The molecule has 0 saturated heterocycles. The van der Waals surface area contributed by atoms with Crippen molar-refractivity contribution < 1.29 is 4.39 Å². The van der Waals surface area contributed by atoms with E-state index in [1.54, 1.807) is 12.1 Å². The molecule has 0 aliphatic carbocycles. The third-order valence-corrected chi connectivity index (χ3v) is 2.26. The number of hydrogen-bond acceptors (Lipinski definition) is 0. The average molecular weight is 264 g/mol. The second-order valence-corrected chi connectivity index (χ2v) is 3.61. The molecule has 0 atom stereocenters. The van der Waals surface area contributed by atoms with Crippen molar-refractivity contribution in [3.8, 4) is 0 Å². The van der Waals surface area contributed by atoms with Crippen LogP contribution in [0, 0.1) is 0 Å². The van der Waals surface area contributed by atoms with Gasteiger partial charge in [0.05, 0.1) is 0 Å². The van der Waals surface area contributed by atoms with Crippen LogP contribution in [0.3, 0.4) is 0 Å². The van der Waals surface area contributed by atoms with Crippen molar-refractivity contribution in [2.75, 3.05) is 12.0 Å². The van der Waals surface area contributed by atoms with Crippen LogP contribution in [0.2, 0.25) is 5.02 Å². The first-order chi connectivity index (χ1) is 6.27. The number of benzene rings is 1. The van der Waals surface area contributed by atoms with Crippen molar-refractivity contribution in [2.45, 2.75) is 0 Å². The summed E-state index contributed by atoms with van der Waals surface area (Å²) in [7, 11) is 0. The molecule has 0 spiro atoms. The molecule has 0 bridgehead atoms. The fourth-order valence-electron chi connectivity index (χ4n) is 1.01. The lowest BCUT2D eigenvalue weighted by Gasteiger charge is -2.02. The van der Waals surface area contributed by atoms with Gasteiger partial charge < -0.3 is 0 Å². The standard InChI is InChI=1S/C10H9BrClF/c11-6-5-9(7-13)8-1-3-10(12)4-2-8/h1-5H,6-7H2/b9-5+. The van der Waals surface area contributed by atoms with Crippen LogP contribution in [0.4, 0.5) is 4.39 Å². The Morgan fingerprint density at radius 1 is 1.38 bits per heavy atom. The molecule has 1 rings (SSSR count). The summed E-state index contributed by atoms with van der Waals surface area (Å²) in [4.78, 5) is 0. The quantitative estimate of drug-likeness (QED) is 0.721. The van der Waals surface area contributed by atoms with Gasteiger partial charge in [0.25, 0.3) is 0 Å². The fourth-order valence-corrected chi connectivity index (χ4v) is 1.52. The summed E-state index contributed by atoms with van der Waals surface area (Å²) in [5.41, 5.74) is 1.57. The zero-order valence-corrected chi connectivity index (χ0v) is 9.28. The molecule has 1 aromatic rings. The Morgan fingerprint density at radius 2 is 2.00 bits per heavy atom. The van der Waals surface area contributed by atoms with E-state index < -0.39 is 6.67 Å². The molecule has 0 fully saturated rings. The van der Waals surface area contributed by atoms with E-state index in [9.17, 15) is 4.39 Å². The van der Waals surface area contributed by atoms with Gasteiger partial charge in [-0.3, -0.25) is 0 Å². The van der Waals surface area contributed by atoms with Crippen LogP contribution < -0.4 is 0 Å². The first kappa shape index (κ1) is 10.7. The number of allylic oxidation sites excluding steroid dienone is 2. The number of halogens is 3. The van der Waals surface area contributed by atoms with E-state index >= 15 is 0 Å². The SMILES string of the molecule is FC/C(=C\CBr)c1ccc(Cl)cc1. The van der Waals surface area contributed by atoms with E-state index in [2.05, 4.69) is 15.9 Å². The normalized spacial score (nSPS) is 11.8. The highest BCUT2D eigenvalue weighted by molar-refractivity contribution is 9.09. The van der Waals surface area contributed by atoms with Crippen molar-refractivity contribution in [3.63, 3.8) is 0 Å². The maximum absolute atomic E-state index is 12.5. The molecule has 0 aromatic heterocycles. The highest BCUT2D eigenvalue weighted by atomic mass is 79.9. The van der Waals surface area contributed by atoms with E-state index in [1.807, 2.05) is 18.2 Å². The molecule has 0 nitrogen and oxygen atoms in total. The molecule has 13 heavy (non-hydrogen) atoms. The number of alkyl halides is 2. The molecule has 0 amide bonds. The zero-order valence-electron chi connectivity index (χ0n) is 6.93. The van der Waals surface area contributed by atoms with Gasteiger partial charge in [0.2, 0.25) is 0 Å². The third-order valence-electron chi connectivity index (χ3n) is 1.68. The Balaban J connectivity index is 2.92. The van der Waals surface area contributed by atoms with Gasteiger partial charge in [-0.25, -0.2) is 4.39 Å². The maximum Gasteiger partial charge on any atom is 0.115 e. The second-order valence-electron chi connectivity index (χ2n) is 2.52. The summed E-state index contributed by atoms with van der Waals surface area (Å²) < 4.78 is 12.5. The Hall–Kier alpha value is -0.340. The van der Waals surface area contributed by atoms with Gasteiger partial charge in [0.15, 0.2) is 0 Å². The second kappa shape index (κ2) is 5.40. The molecule has 0 heterocycles. The Kier molecular flexibility index (Phi) is 4.46. The van der Waals surface area contributed by atoms with E-state index in [-0.39, 0.29) is 0 Å². The molecule has 3 heteroatoms. The van der Waals surface area contributed by atoms with Crippen LogP contribution in [0.5, 0.6) is 0 Å². The number of rotatable bonds is 3. The molecule has 0 aliphatic heterocycles. The van der Waals surface area contributed by atoms with Gasteiger partial charge in [0.1, 0.15) is 6.67 Å². The van der Waals surface area contributed by atoms with Gasteiger partial charge in [-0.15, -0.1) is 0 Å². The summed E-state index contributed by atoms with van der Waals surface area (Å²) in [5, 5.41) is 1.33. The topological polar surface area (TPSA) is 0 Å². The highest BCUT2D eigenvalue weighted by Gasteiger charge is 1.99. The van der Waals surface area contributed by atoms with Crippen LogP contribution in [0.1, 0.15) is 5.56 Å². The summed E-state index contributed by atoms with van der Waals surface area (Å²) in [6, 6.07) is 7.15. The summed E-state index contributed by atoms with van der Waals surface area (Å²) in [6.45, 7) is -0.451. The molecule has 0 unspecified atom stereocenters. The van der Waals surface area contributed by atoms with Crippen molar-refractivity contribution in [1.82, 2.24) is 0 Å². The summed E-state index contributed by atoms with van der Waals surface area (Å²) >= 11 is 8.95. The van der Waals surface area contributed by atoms with Crippen LogP contribution >= 0.6 is 27.5 Å². The monoisotopic (exact) mass is 262 g/mol. The van der Waals surface area contributed by atoms with Gasteiger partial charge in [-0.2, -0.15) is 0 Å². The van der Waals surface area contributed by atoms with Crippen LogP contribution in [-0.2, 0) is 0 Å². The molecular weight excluding hydrogens is 254 g/mol. The van der Waals surface area contributed by atoms with E-state index in [4.69, 9.17) is 11.6 Å². The smallest absolute Gasteiger partial charge is 0.115 e. The van der Waals surface area contributed by atoms with Crippen LogP contribution in [-0.4, -0.2) is 12.0 Å². The lowest BCUT2D eigenvalue weighted by atomic mass is 10.1. The minimum atomic E-state index is -0.451. The Labute approximate surface area is 90.5 Å². The largest absolute Gasteiger partial charge is 0.246 e. The van der Waals surface area contributed by atoms with Crippen molar-refractivity contribution in [2.24, 2.45) is 0 Å². The first-order valence-corrected chi connectivity index (χ1v) is 5.34. The maximum atomic E-state index is 12.5. The molecule has 70 valence electrons. The van der Waals surface area contributed by atoms with Gasteiger partial charge in [0, 0.05) is 10.4 Å². The van der Waals surface area contributed by atoms with Crippen molar-refractivity contribution in [1.29, 1.82) is 0 Å². The lowest BCUT2D eigenvalue weighted by Crippen LogP contribution is -1.86. The average Bonchev–Trinajstić information content (AvgIpc) is 2.16. The zero-order chi connectivity index (χ0) is 9.68. The fraction of sp³-hybridized carbons (Fsp3) is 0.200. The molecule has 0 N–H and O–H groups in total. The van der Waals surface area contributed by atoms with Crippen LogP contribution in [0.15, 0.2) is 30.3 Å². The van der Waals surface area contributed by atoms with Crippen molar-refractivity contribution in [3.05, 3.63) is 40.9 Å². The van der Waals surface area contributed by atoms with Gasteiger partial charge in [-0.05, 0) is 23.3 Å². The van der Waals surface area contributed by atoms with Crippen molar-refractivity contribution >= 4 is 33.1 Å². The third kappa shape index (κ3) is 3.12. The molecule has 0 saturated carbocycles. The Morgan fingerprint density at radius 3 is 2.46 bits per heavy atom. The van der Waals surface area contributed by atoms with Gasteiger partial charge >= 0.3 is 0 Å². The molecule has 1 aromatic carbocycles. The van der Waals surface area contributed by atoms with E-state index in [0.717, 1.165) is 5.56 Å². The highest BCUT2D eigenvalue weighted by Crippen LogP contribution is 2.18. The van der Waals surface area contributed by atoms with E-state index in [0.29, 0.717) is 15.9 Å². The minimum Gasteiger partial charge on any atom is -0.246 e. The predicted molar refractivity (Wildman–Crippen MR) is 59.2 cm³/mol. The Bertz CT molecular complexity index is 292. The van der Waals surface area contributed by atoms with E-state index in [1.165, 1.54) is 0 Å². The summed E-state index contributed by atoms with van der Waals surface area (Å²) in [6.07, 6.45) is 1.81.